The molecular weight excluding hydrogens is 252 g/mol. The molecule has 0 radical (unpaired) electrons. The molecule has 15 heavy (non-hydrogen) atoms. The highest BCUT2D eigenvalue weighted by atomic mass is 79.9. The van der Waals surface area contributed by atoms with Crippen molar-refractivity contribution in [1.29, 1.82) is 0 Å². The Balaban J connectivity index is 1.89. The lowest BCUT2D eigenvalue weighted by atomic mass is 10.1. The molecule has 0 spiro atoms. The minimum absolute atomic E-state index is 0.562. The van der Waals surface area contributed by atoms with Gasteiger partial charge in [-0.05, 0) is 42.0 Å². The second-order valence-corrected chi connectivity index (χ2v) is 5.62. The highest BCUT2D eigenvalue weighted by Gasteiger charge is 2.36. The minimum atomic E-state index is 0.562. The second-order valence-electron chi connectivity index (χ2n) is 4.77. The van der Waals surface area contributed by atoms with Crippen LogP contribution in [0.3, 0.4) is 0 Å². The third kappa shape index (κ3) is 2.95. The highest BCUT2D eigenvalue weighted by Crippen LogP contribution is 2.44. The molecule has 0 saturated heterocycles. The van der Waals surface area contributed by atoms with E-state index in [1.807, 2.05) is 18.2 Å². The predicted molar refractivity (Wildman–Crippen MR) is 67.6 cm³/mol. The first-order chi connectivity index (χ1) is 7.09. The molecule has 3 heteroatoms. The van der Waals surface area contributed by atoms with Gasteiger partial charge in [0.05, 0.1) is 0 Å². The van der Waals surface area contributed by atoms with Gasteiger partial charge >= 0.3 is 0 Å². The number of nitrogen functional groups attached to an aromatic ring is 1. The van der Waals surface area contributed by atoms with Crippen LogP contribution in [0, 0.1) is 5.41 Å². The van der Waals surface area contributed by atoms with Gasteiger partial charge in [-0.2, -0.15) is 0 Å². The summed E-state index contributed by atoms with van der Waals surface area (Å²) in [4.78, 5) is 0. The van der Waals surface area contributed by atoms with Crippen molar-refractivity contribution in [3.8, 4) is 0 Å². The molecule has 0 amide bonds. The van der Waals surface area contributed by atoms with Crippen molar-refractivity contribution in [3.63, 3.8) is 0 Å². The molecule has 2 rings (SSSR count). The zero-order valence-electron chi connectivity index (χ0n) is 9.02. The van der Waals surface area contributed by atoms with Gasteiger partial charge in [0.1, 0.15) is 0 Å². The van der Waals surface area contributed by atoms with Crippen molar-refractivity contribution in [2.75, 3.05) is 12.3 Å². The molecule has 2 nitrogen and oxygen atoms in total. The Labute approximate surface area is 99.4 Å². The van der Waals surface area contributed by atoms with E-state index >= 15 is 0 Å². The average molecular weight is 269 g/mol. The molecule has 0 atom stereocenters. The SMILES string of the molecule is CC1(CNCc2cc(N)ccc2Br)CC1. The van der Waals surface area contributed by atoms with Crippen molar-refractivity contribution < 1.29 is 0 Å². The fraction of sp³-hybridized carbons (Fsp3) is 0.500. The van der Waals surface area contributed by atoms with Crippen LogP contribution in [-0.4, -0.2) is 6.54 Å². The molecule has 3 N–H and O–H groups in total. The number of hydrogen-bond acceptors (Lipinski definition) is 2. The molecule has 1 fully saturated rings. The summed E-state index contributed by atoms with van der Waals surface area (Å²) in [7, 11) is 0. The van der Waals surface area contributed by atoms with Gasteiger partial charge in [-0.1, -0.05) is 22.9 Å². The summed E-state index contributed by atoms with van der Waals surface area (Å²) in [6.07, 6.45) is 2.72. The van der Waals surface area contributed by atoms with Crippen molar-refractivity contribution in [2.45, 2.75) is 26.3 Å². The standard InChI is InChI=1S/C12H17BrN2/c1-12(4-5-12)8-15-7-9-6-10(14)2-3-11(9)13/h2-3,6,15H,4-5,7-8,14H2,1H3. The fourth-order valence-corrected chi connectivity index (χ4v) is 2.01. The number of benzene rings is 1. The lowest BCUT2D eigenvalue weighted by Crippen LogP contribution is -2.21. The van der Waals surface area contributed by atoms with Gasteiger partial charge in [0, 0.05) is 23.2 Å². The average Bonchev–Trinajstić information content (AvgIpc) is 2.90. The Bertz CT molecular complexity index is 359. The van der Waals surface area contributed by atoms with Gasteiger partial charge in [-0.15, -0.1) is 0 Å². The first kappa shape index (κ1) is 11.0. The summed E-state index contributed by atoms with van der Waals surface area (Å²) in [5.41, 5.74) is 8.37. The van der Waals surface area contributed by atoms with Gasteiger partial charge < -0.3 is 11.1 Å². The van der Waals surface area contributed by atoms with Gasteiger partial charge in [-0.3, -0.25) is 0 Å². The Hall–Kier alpha value is -0.540. The van der Waals surface area contributed by atoms with E-state index in [1.165, 1.54) is 18.4 Å². The Morgan fingerprint density at radius 2 is 2.20 bits per heavy atom. The lowest BCUT2D eigenvalue weighted by Gasteiger charge is -2.11. The number of rotatable bonds is 4. The lowest BCUT2D eigenvalue weighted by molar-refractivity contribution is 0.499. The molecule has 1 aromatic rings. The van der Waals surface area contributed by atoms with E-state index in [2.05, 4.69) is 28.2 Å². The Morgan fingerprint density at radius 3 is 2.87 bits per heavy atom. The maximum absolute atomic E-state index is 5.75. The third-order valence-electron chi connectivity index (χ3n) is 3.04. The van der Waals surface area contributed by atoms with Crippen LogP contribution in [0.25, 0.3) is 0 Å². The van der Waals surface area contributed by atoms with Crippen LogP contribution in [-0.2, 0) is 6.54 Å². The van der Waals surface area contributed by atoms with Crippen LogP contribution >= 0.6 is 15.9 Å². The molecule has 0 aliphatic heterocycles. The normalized spacial score (nSPS) is 17.7. The van der Waals surface area contributed by atoms with E-state index in [9.17, 15) is 0 Å². The van der Waals surface area contributed by atoms with Crippen LogP contribution < -0.4 is 11.1 Å². The molecule has 1 aromatic carbocycles. The van der Waals surface area contributed by atoms with Gasteiger partial charge in [0.15, 0.2) is 0 Å². The van der Waals surface area contributed by atoms with Gasteiger partial charge in [0.2, 0.25) is 0 Å². The Kier molecular flexibility index (Phi) is 3.03. The van der Waals surface area contributed by atoms with E-state index in [0.717, 1.165) is 23.2 Å². The highest BCUT2D eigenvalue weighted by molar-refractivity contribution is 9.10. The monoisotopic (exact) mass is 268 g/mol. The molecule has 1 aliphatic carbocycles. The van der Waals surface area contributed by atoms with Crippen LogP contribution in [0.1, 0.15) is 25.3 Å². The first-order valence-electron chi connectivity index (χ1n) is 5.34. The van der Waals surface area contributed by atoms with E-state index in [1.54, 1.807) is 0 Å². The summed E-state index contributed by atoms with van der Waals surface area (Å²) in [5.74, 6) is 0. The van der Waals surface area contributed by atoms with Crippen LogP contribution in [0.2, 0.25) is 0 Å². The number of halogens is 1. The van der Waals surface area contributed by atoms with Crippen molar-refractivity contribution in [3.05, 3.63) is 28.2 Å². The van der Waals surface area contributed by atoms with E-state index in [0.29, 0.717) is 5.41 Å². The molecule has 1 aliphatic rings. The molecule has 1 saturated carbocycles. The van der Waals surface area contributed by atoms with E-state index in [4.69, 9.17) is 5.73 Å². The van der Waals surface area contributed by atoms with Crippen LogP contribution in [0.5, 0.6) is 0 Å². The van der Waals surface area contributed by atoms with Crippen LogP contribution in [0.4, 0.5) is 5.69 Å². The first-order valence-corrected chi connectivity index (χ1v) is 6.13. The number of nitrogens with two attached hydrogens (primary N) is 1. The topological polar surface area (TPSA) is 38.0 Å². The summed E-state index contributed by atoms with van der Waals surface area (Å²) in [6.45, 7) is 4.32. The number of nitrogens with one attached hydrogen (secondary N) is 1. The maximum Gasteiger partial charge on any atom is 0.0318 e. The van der Waals surface area contributed by atoms with E-state index < -0.39 is 0 Å². The third-order valence-corrected chi connectivity index (χ3v) is 3.81. The number of anilines is 1. The van der Waals surface area contributed by atoms with Gasteiger partial charge in [-0.25, -0.2) is 0 Å². The molecular formula is C12H17BrN2. The second kappa shape index (κ2) is 4.14. The number of hydrogen-bond donors (Lipinski definition) is 2. The zero-order valence-corrected chi connectivity index (χ0v) is 10.6. The summed E-state index contributed by atoms with van der Waals surface area (Å²) < 4.78 is 1.13. The summed E-state index contributed by atoms with van der Waals surface area (Å²) in [6, 6.07) is 5.94. The molecule has 82 valence electrons. The molecule has 0 aromatic heterocycles. The molecule has 0 bridgehead atoms. The van der Waals surface area contributed by atoms with E-state index in [-0.39, 0.29) is 0 Å². The quantitative estimate of drug-likeness (QED) is 0.825. The molecule has 0 heterocycles. The Morgan fingerprint density at radius 1 is 1.47 bits per heavy atom. The molecule has 0 unspecified atom stereocenters. The smallest absolute Gasteiger partial charge is 0.0318 e. The largest absolute Gasteiger partial charge is 0.399 e. The van der Waals surface area contributed by atoms with Crippen molar-refractivity contribution >= 4 is 21.6 Å². The van der Waals surface area contributed by atoms with Crippen LogP contribution in [0.15, 0.2) is 22.7 Å². The fourth-order valence-electron chi connectivity index (χ4n) is 1.62. The summed E-state index contributed by atoms with van der Waals surface area (Å²) in [5, 5.41) is 3.49. The minimum Gasteiger partial charge on any atom is -0.399 e. The van der Waals surface area contributed by atoms with Crippen molar-refractivity contribution in [1.82, 2.24) is 5.32 Å². The zero-order chi connectivity index (χ0) is 10.9. The predicted octanol–water partition coefficient (Wildman–Crippen LogP) is 2.92. The maximum atomic E-state index is 5.75. The van der Waals surface area contributed by atoms with Gasteiger partial charge in [0.25, 0.3) is 0 Å². The van der Waals surface area contributed by atoms with Crippen molar-refractivity contribution in [2.24, 2.45) is 5.41 Å². The summed E-state index contributed by atoms with van der Waals surface area (Å²) >= 11 is 3.53.